The van der Waals surface area contributed by atoms with Gasteiger partial charge in [0.15, 0.2) is 5.17 Å². The Bertz CT molecular complexity index is 1000. The van der Waals surface area contributed by atoms with E-state index in [2.05, 4.69) is 15.5 Å². The number of amidine groups is 1. The number of carboxylic acid groups (broad SMARTS) is 1. The van der Waals surface area contributed by atoms with Crippen LogP contribution in [0, 0.1) is 0 Å². The van der Waals surface area contributed by atoms with Crippen LogP contribution in [0.4, 0.5) is 0 Å². The van der Waals surface area contributed by atoms with Gasteiger partial charge in [0, 0.05) is 12.6 Å². The molecular formula is C21H20N4O5S. The molecule has 2 N–H and O–H groups in total. The molecule has 1 fully saturated rings. The van der Waals surface area contributed by atoms with E-state index in [4.69, 9.17) is 9.52 Å². The molecule has 1 aliphatic heterocycles. The molecule has 3 rings (SSSR count). The summed E-state index contributed by atoms with van der Waals surface area (Å²) in [5, 5.41) is 18.7. The number of thioether (sulfide) groups is 1. The highest BCUT2D eigenvalue weighted by molar-refractivity contribution is 8.15. The van der Waals surface area contributed by atoms with E-state index >= 15 is 0 Å². The highest BCUT2D eigenvalue weighted by Gasteiger charge is 2.39. The second-order valence-electron chi connectivity index (χ2n) is 6.40. The monoisotopic (exact) mass is 440 g/mol. The van der Waals surface area contributed by atoms with E-state index in [1.807, 2.05) is 36.4 Å². The molecule has 2 heterocycles. The molecule has 1 aliphatic rings. The van der Waals surface area contributed by atoms with Crippen molar-refractivity contribution in [3.05, 3.63) is 66.1 Å². The van der Waals surface area contributed by atoms with E-state index < -0.39 is 23.7 Å². The maximum atomic E-state index is 12.8. The maximum Gasteiger partial charge on any atom is 0.322 e. The number of rotatable bonds is 9. The smallest absolute Gasteiger partial charge is 0.322 e. The number of benzene rings is 1. The fraction of sp³-hybridized carbons (Fsp3) is 0.190. The first kappa shape index (κ1) is 22.0. The lowest BCUT2D eigenvalue weighted by Crippen LogP contribution is -2.35. The largest absolute Gasteiger partial charge is 0.480 e. The van der Waals surface area contributed by atoms with Crippen LogP contribution >= 0.6 is 11.8 Å². The summed E-state index contributed by atoms with van der Waals surface area (Å²) in [7, 11) is 0. The second-order valence-corrected chi connectivity index (χ2v) is 7.57. The molecule has 0 saturated carbocycles. The molecule has 2 aromatic rings. The average Bonchev–Trinajstić information content (AvgIpc) is 3.37. The maximum absolute atomic E-state index is 12.8. The molecule has 1 unspecified atom stereocenters. The van der Waals surface area contributed by atoms with Gasteiger partial charge in [-0.25, -0.2) is 0 Å². The Labute approximate surface area is 182 Å². The Kier molecular flexibility index (Phi) is 7.77. The molecule has 10 heteroatoms. The van der Waals surface area contributed by atoms with Crippen LogP contribution < -0.4 is 5.32 Å². The number of carbonyl (C=O) groups is 3. The highest BCUT2D eigenvalue weighted by Crippen LogP contribution is 2.31. The predicted molar refractivity (Wildman–Crippen MR) is 117 cm³/mol. The van der Waals surface area contributed by atoms with Crippen molar-refractivity contribution in [3.63, 3.8) is 0 Å². The van der Waals surface area contributed by atoms with Gasteiger partial charge in [-0.3, -0.25) is 19.3 Å². The number of carboxylic acids is 1. The Balaban J connectivity index is 1.68. The van der Waals surface area contributed by atoms with Crippen molar-refractivity contribution in [2.24, 2.45) is 10.2 Å². The van der Waals surface area contributed by atoms with Crippen LogP contribution in [0.2, 0.25) is 0 Å². The molecule has 0 spiro atoms. The summed E-state index contributed by atoms with van der Waals surface area (Å²) in [4.78, 5) is 36.8. The van der Waals surface area contributed by atoms with Gasteiger partial charge in [-0.15, -0.1) is 5.10 Å². The number of carbonyl (C=O) groups excluding carboxylic acids is 2. The lowest BCUT2D eigenvalue weighted by Gasteiger charge is -2.13. The van der Waals surface area contributed by atoms with Crippen molar-refractivity contribution in [2.45, 2.75) is 18.2 Å². The van der Waals surface area contributed by atoms with E-state index in [1.165, 1.54) is 17.4 Å². The van der Waals surface area contributed by atoms with Gasteiger partial charge in [0.25, 0.3) is 0 Å². The summed E-state index contributed by atoms with van der Waals surface area (Å²) in [6.45, 7) is -0.347. The number of allylic oxidation sites excluding steroid dienone is 1. The minimum absolute atomic E-state index is 0.153. The zero-order chi connectivity index (χ0) is 22.1. The molecule has 31 heavy (non-hydrogen) atoms. The van der Waals surface area contributed by atoms with Crippen LogP contribution in [0.3, 0.4) is 0 Å². The van der Waals surface area contributed by atoms with Gasteiger partial charge >= 0.3 is 5.97 Å². The number of nitrogens with one attached hydrogen (secondary N) is 1. The van der Waals surface area contributed by atoms with Crippen LogP contribution in [-0.4, -0.2) is 51.0 Å². The Hall–Kier alpha value is -3.66. The number of nitrogens with zero attached hydrogens (tertiary/aromatic N) is 3. The van der Waals surface area contributed by atoms with Crippen molar-refractivity contribution >= 4 is 47.0 Å². The fourth-order valence-electron chi connectivity index (χ4n) is 2.67. The van der Waals surface area contributed by atoms with Crippen molar-refractivity contribution in [1.29, 1.82) is 0 Å². The van der Waals surface area contributed by atoms with Gasteiger partial charge in [-0.2, -0.15) is 5.10 Å². The Morgan fingerprint density at radius 2 is 2.03 bits per heavy atom. The van der Waals surface area contributed by atoms with E-state index in [0.717, 1.165) is 17.3 Å². The standard InChI is InChI=1S/C21H20N4O5S/c26-18(22-13-19(27)28)12-17-20(29)25(14-16-9-5-11-30-16)21(31-17)24-23-10-4-8-15-6-2-1-3-7-15/h1-11,17H,12-14H2,(H,22,26)(H,27,28)/b8-4+,23-10+,24-21-. The van der Waals surface area contributed by atoms with Gasteiger partial charge in [-0.1, -0.05) is 48.2 Å². The highest BCUT2D eigenvalue weighted by atomic mass is 32.2. The summed E-state index contributed by atoms with van der Waals surface area (Å²) in [5.41, 5.74) is 1.01. The fourth-order valence-corrected chi connectivity index (χ4v) is 3.77. The molecule has 0 aliphatic carbocycles. The summed E-state index contributed by atoms with van der Waals surface area (Å²) in [5.74, 6) is -1.44. The third kappa shape index (κ3) is 6.68. The topological polar surface area (TPSA) is 125 Å². The zero-order valence-corrected chi connectivity index (χ0v) is 17.2. The lowest BCUT2D eigenvalue weighted by atomic mass is 10.2. The molecule has 9 nitrogen and oxygen atoms in total. The molecule has 0 bridgehead atoms. The van der Waals surface area contributed by atoms with Crippen LogP contribution in [-0.2, 0) is 20.9 Å². The van der Waals surface area contributed by atoms with Gasteiger partial charge in [0.05, 0.1) is 12.8 Å². The summed E-state index contributed by atoms with van der Waals surface area (Å²) in [6.07, 6.45) is 6.44. The minimum atomic E-state index is -1.15. The summed E-state index contributed by atoms with van der Waals surface area (Å²) in [6, 6.07) is 13.1. The van der Waals surface area contributed by atoms with Crippen molar-refractivity contribution < 1.29 is 23.9 Å². The number of furan rings is 1. The first-order valence-corrected chi connectivity index (χ1v) is 10.2. The molecule has 1 aromatic heterocycles. The van der Waals surface area contributed by atoms with Crippen molar-refractivity contribution in [1.82, 2.24) is 10.2 Å². The average molecular weight is 440 g/mol. The first-order valence-electron chi connectivity index (χ1n) is 9.34. The SMILES string of the molecule is O=C(O)CNC(=O)CC1S\C(=N/N=C/C=C/c2ccccc2)N(Cc2ccco2)C1=O. The minimum Gasteiger partial charge on any atom is -0.480 e. The molecule has 1 atom stereocenters. The molecule has 160 valence electrons. The van der Waals surface area contributed by atoms with Gasteiger partial charge in [-0.05, 0) is 23.8 Å². The third-order valence-electron chi connectivity index (χ3n) is 4.11. The van der Waals surface area contributed by atoms with Crippen LogP contribution in [0.25, 0.3) is 6.08 Å². The van der Waals surface area contributed by atoms with Crippen LogP contribution in [0.5, 0.6) is 0 Å². The zero-order valence-electron chi connectivity index (χ0n) is 16.4. The lowest BCUT2D eigenvalue weighted by molar-refractivity contribution is -0.138. The van der Waals surface area contributed by atoms with Crippen molar-refractivity contribution in [2.75, 3.05) is 6.54 Å². The quantitative estimate of drug-likeness (QED) is 0.456. The molecular weight excluding hydrogens is 420 g/mol. The molecule has 0 radical (unpaired) electrons. The van der Waals surface area contributed by atoms with E-state index in [9.17, 15) is 14.4 Å². The van der Waals surface area contributed by atoms with E-state index in [-0.39, 0.29) is 18.9 Å². The second kappa shape index (κ2) is 10.9. The van der Waals surface area contributed by atoms with Gasteiger partial charge in [0.2, 0.25) is 11.8 Å². The summed E-state index contributed by atoms with van der Waals surface area (Å²) >= 11 is 1.10. The van der Waals surface area contributed by atoms with E-state index in [1.54, 1.807) is 18.2 Å². The predicted octanol–water partition coefficient (Wildman–Crippen LogP) is 2.37. The number of hydrogen-bond acceptors (Lipinski definition) is 7. The number of aliphatic carboxylic acids is 1. The first-order chi connectivity index (χ1) is 15.0. The Morgan fingerprint density at radius 3 is 2.74 bits per heavy atom. The van der Waals surface area contributed by atoms with Crippen LogP contribution in [0.15, 0.2) is 69.4 Å². The molecule has 1 aromatic carbocycles. The summed E-state index contributed by atoms with van der Waals surface area (Å²) < 4.78 is 5.31. The molecule has 1 saturated heterocycles. The van der Waals surface area contributed by atoms with Crippen molar-refractivity contribution in [3.8, 4) is 0 Å². The number of hydrogen-bond donors (Lipinski definition) is 2. The van der Waals surface area contributed by atoms with Gasteiger partial charge < -0.3 is 14.8 Å². The third-order valence-corrected chi connectivity index (χ3v) is 5.27. The van der Waals surface area contributed by atoms with Gasteiger partial charge in [0.1, 0.15) is 17.6 Å². The molecule has 2 amide bonds. The normalized spacial score (nSPS) is 17.8. The number of amides is 2. The van der Waals surface area contributed by atoms with Crippen LogP contribution in [0.1, 0.15) is 17.7 Å². The Morgan fingerprint density at radius 1 is 1.23 bits per heavy atom. The van der Waals surface area contributed by atoms with E-state index in [0.29, 0.717) is 10.9 Å².